The molecule has 1 heterocycles. The fourth-order valence-electron chi connectivity index (χ4n) is 2.60. The molecule has 1 amide bonds. The fourth-order valence-corrected chi connectivity index (χ4v) is 2.60. The molecular weight excluding hydrogens is 248 g/mol. The first kappa shape index (κ1) is 13.4. The molecular formula is C14H19ClN2O. The lowest BCUT2D eigenvalue weighted by atomic mass is 10.0. The Morgan fingerprint density at radius 3 is 2.56 bits per heavy atom. The number of nitrogens with one attached hydrogen (secondary N) is 2. The summed E-state index contributed by atoms with van der Waals surface area (Å²) < 4.78 is 0. The van der Waals surface area contributed by atoms with Crippen LogP contribution in [-0.2, 0) is 10.3 Å². The van der Waals surface area contributed by atoms with E-state index in [1.54, 1.807) is 0 Å². The third kappa shape index (κ3) is 2.52. The van der Waals surface area contributed by atoms with Gasteiger partial charge in [-0.1, -0.05) is 30.3 Å². The molecule has 1 saturated heterocycles. The van der Waals surface area contributed by atoms with Crippen molar-refractivity contribution in [3.63, 3.8) is 0 Å². The highest BCUT2D eigenvalue weighted by Gasteiger charge is 2.46. The van der Waals surface area contributed by atoms with Crippen LogP contribution in [0.2, 0.25) is 0 Å². The number of amides is 1. The van der Waals surface area contributed by atoms with Crippen LogP contribution in [0.3, 0.4) is 0 Å². The van der Waals surface area contributed by atoms with Crippen molar-refractivity contribution in [2.45, 2.75) is 37.3 Å². The SMILES string of the molecule is Cl.O=C(NC1(c2ccccc2)CC1)[C@H]1CCCN1. The fraction of sp³-hybridized carbons (Fsp3) is 0.500. The molecule has 1 aliphatic heterocycles. The Hall–Kier alpha value is -1.06. The van der Waals surface area contributed by atoms with E-state index in [4.69, 9.17) is 0 Å². The van der Waals surface area contributed by atoms with Gasteiger partial charge in [0.05, 0.1) is 11.6 Å². The van der Waals surface area contributed by atoms with Gasteiger partial charge in [-0.15, -0.1) is 12.4 Å². The van der Waals surface area contributed by atoms with E-state index in [0.717, 1.165) is 32.2 Å². The number of carbonyl (C=O) groups is 1. The molecule has 0 bridgehead atoms. The molecule has 18 heavy (non-hydrogen) atoms. The molecule has 2 fully saturated rings. The molecule has 3 rings (SSSR count). The summed E-state index contributed by atoms with van der Waals surface area (Å²) in [6.45, 7) is 0.969. The maximum absolute atomic E-state index is 12.1. The molecule has 2 N–H and O–H groups in total. The average molecular weight is 267 g/mol. The molecule has 4 heteroatoms. The van der Waals surface area contributed by atoms with E-state index in [-0.39, 0.29) is 29.9 Å². The van der Waals surface area contributed by atoms with Gasteiger partial charge in [-0.2, -0.15) is 0 Å². The quantitative estimate of drug-likeness (QED) is 0.878. The number of carbonyl (C=O) groups excluding carboxylic acids is 1. The Morgan fingerprint density at radius 1 is 1.28 bits per heavy atom. The summed E-state index contributed by atoms with van der Waals surface area (Å²) in [5.41, 5.74) is 1.18. The zero-order chi connectivity index (χ0) is 11.7. The van der Waals surface area contributed by atoms with Crippen LogP contribution in [0.4, 0.5) is 0 Å². The minimum atomic E-state index is -0.0669. The summed E-state index contributed by atoms with van der Waals surface area (Å²) in [6, 6.07) is 10.3. The van der Waals surface area contributed by atoms with Crippen molar-refractivity contribution in [3.05, 3.63) is 35.9 Å². The van der Waals surface area contributed by atoms with Crippen molar-refractivity contribution < 1.29 is 4.79 Å². The normalized spacial score (nSPS) is 24.1. The molecule has 0 spiro atoms. The van der Waals surface area contributed by atoms with Crippen LogP contribution in [0.25, 0.3) is 0 Å². The molecule has 1 aromatic rings. The molecule has 2 aliphatic rings. The molecule has 0 aromatic heterocycles. The first-order chi connectivity index (χ1) is 8.30. The molecule has 1 saturated carbocycles. The molecule has 3 nitrogen and oxygen atoms in total. The highest BCUT2D eigenvalue weighted by Crippen LogP contribution is 2.45. The molecule has 98 valence electrons. The maximum atomic E-state index is 12.1. The van der Waals surface area contributed by atoms with E-state index < -0.39 is 0 Å². The maximum Gasteiger partial charge on any atom is 0.237 e. The van der Waals surface area contributed by atoms with Crippen LogP contribution < -0.4 is 10.6 Å². The van der Waals surface area contributed by atoms with E-state index in [1.165, 1.54) is 5.56 Å². The van der Waals surface area contributed by atoms with Crippen molar-refractivity contribution in [1.82, 2.24) is 10.6 Å². The van der Waals surface area contributed by atoms with Gasteiger partial charge in [0.25, 0.3) is 0 Å². The second kappa shape index (κ2) is 5.29. The van der Waals surface area contributed by atoms with Crippen LogP contribution in [0.15, 0.2) is 30.3 Å². The van der Waals surface area contributed by atoms with Gasteiger partial charge in [0, 0.05) is 0 Å². The van der Waals surface area contributed by atoms with Gasteiger partial charge in [0.15, 0.2) is 0 Å². The molecule has 1 aromatic carbocycles. The molecule has 0 unspecified atom stereocenters. The smallest absolute Gasteiger partial charge is 0.237 e. The van der Waals surface area contributed by atoms with Gasteiger partial charge in [-0.3, -0.25) is 4.79 Å². The van der Waals surface area contributed by atoms with Crippen LogP contribution in [0, 0.1) is 0 Å². The zero-order valence-electron chi connectivity index (χ0n) is 10.3. The third-order valence-electron chi connectivity index (χ3n) is 3.82. The van der Waals surface area contributed by atoms with Crippen LogP contribution in [-0.4, -0.2) is 18.5 Å². The van der Waals surface area contributed by atoms with E-state index in [2.05, 4.69) is 22.8 Å². The lowest BCUT2D eigenvalue weighted by molar-refractivity contribution is -0.123. The standard InChI is InChI=1S/C14H18N2O.ClH/c17-13(12-7-4-10-15-12)16-14(8-9-14)11-5-2-1-3-6-11;/h1-3,5-6,12,15H,4,7-10H2,(H,16,17);1H/t12-;/m1./s1. The number of hydrogen-bond acceptors (Lipinski definition) is 2. The highest BCUT2D eigenvalue weighted by atomic mass is 35.5. The summed E-state index contributed by atoms with van der Waals surface area (Å²) in [7, 11) is 0. The Morgan fingerprint density at radius 2 is 2.00 bits per heavy atom. The van der Waals surface area contributed by atoms with Gasteiger partial charge in [-0.05, 0) is 37.8 Å². The van der Waals surface area contributed by atoms with Gasteiger partial charge in [-0.25, -0.2) is 0 Å². The van der Waals surface area contributed by atoms with Crippen LogP contribution in [0.5, 0.6) is 0 Å². The lowest BCUT2D eigenvalue weighted by Crippen LogP contribution is -2.45. The average Bonchev–Trinajstić information content (AvgIpc) is 2.94. The summed E-state index contributed by atoms with van der Waals surface area (Å²) in [5.74, 6) is 0.170. The summed E-state index contributed by atoms with van der Waals surface area (Å²) in [5, 5.41) is 6.47. The van der Waals surface area contributed by atoms with Crippen LogP contribution >= 0.6 is 12.4 Å². The second-order valence-electron chi connectivity index (χ2n) is 5.09. The first-order valence-electron chi connectivity index (χ1n) is 6.41. The van der Waals surface area contributed by atoms with E-state index in [1.807, 2.05) is 18.2 Å². The Bertz CT molecular complexity index is 411. The summed E-state index contributed by atoms with van der Waals surface area (Å²) >= 11 is 0. The summed E-state index contributed by atoms with van der Waals surface area (Å²) in [4.78, 5) is 12.1. The second-order valence-corrected chi connectivity index (χ2v) is 5.09. The number of halogens is 1. The van der Waals surface area contributed by atoms with E-state index in [9.17, 15) is 4.79 Å². The third-order valence-corrected chi connectivity index (χ3v) is 3.82. The molecule has 1 atom stereocenters. The van der Waals surface area contributed by atoms with Crippen LogP contribution in [0.1, 0.15) is 31.2 Å². The van der Waals surface area contributed by atoms with E-state index in [0.29, 0.717) is 0 Å². The Balaban J connectivity index is 0.00000120. The van der Waals surface area contributed by atoms with Gasteiger partial charge >= 0.3 is 0 Å². The van der Waals surface area contributed by atoms with Crippen molar-refractivity contribution in [1.29, 1.82) is 0 Å². The number of benzene rings is 1. The zero-order valence-corrected chi connectivity index (χ0v) is 11.1. The summed E-state index contributed by atoms with van der Waals surface area (Å²) in [6.07, 6.45) is 4.21. The monoisotopic (exact) mass is 266 g/mol. The largest absolute Gasteiger partial charge is 0.345 e. The minimum absolute atomic E-state index is 0. The predicted molar refractivity (Wildman–Crippen MR) is 73.8 cm³/mol. The Labute approximate surface area is 114 Å². The molecule has 0 radical (unpaired) electrons. The minimum Gasteiger partial charge on any atom is -0.345 e. The van der Waals surface area contributed by atoms with Crippen molar-refractivity contribution in [2.24, 2.45) is 0 Å². The van der Waals surface area contributed by atoms with Crippen molar-refractivity contribution in [3.8, 4) is 0 Å². The van der Waals surface area contributed by atoms with Gasteiger partial charge in [0.1, 0.15) is 0 Å². The lowest BCUT2D eigenvalue weighted by Gasteiger charge is -2.20. The first-order valence-corrected chi connectivity index (χ1v) is 6.41. The molecule has 1 aliphatic carbocycles. The van der Waals surface area contributed by atoms with E-state index >= 15 is 0 Å². The van der Waals surface area contributed by atoms with Gasteiger partial charge in [0.2, 0.25) is 5.91 Å². The highest BCUT2D eigenvalue weighted by molar-refractivity contribution is 5.85. The van der Waals surface area contributed by atoms with Crippen molar-refractivity contribution >= 4 is 18.3 Å². The number of hydrogen-bond donors (Lipinski definition) is 2. The van der Waals surface area contributed by atoms with Gasteiger partial charge < -0.3 is 10.6 Å². The number of rotatable bonds is 3. The van der Waals surface area contributed by atoms with Crippen molar-refractivity contribution in [2.75, 3.05) is 6.54 Å². The predicted octanol–water partition coefficient (Wildman–Crippen LogP) is 1.97. The topological polar surface area (TPSA) is 41.1 Å². The Kier molecular flexibility index (Phi) is 3.93.